The third-order valence-electron chi connectivity index (χ3n) is 2.83. The fraction of sp³-hybridized carbons (Fsp3) is 0.357. The average molecular weight is 280 g/mol. The number of hydrogen-bond acceptors (Lipinski definition) is 3. The summed E-state index contributed by atoms with van der Waals surface area (Å²) in [6, 6.07) is 7.90. The van der Waals surface area contributed by atoms with E-state index in [0.29, 0.717) is 17.6 Å². The highest BCUT2D eigenvalue weighted by Gasteiger charge is 2.05. The molecule has 0 unspecified atom stereocenters. The van der Waals surface area contributed by atoms with Crippen molar-refractivity contribution < 1.29 is 4.74 Å². The van der Waals surface area contributed by atoms with E-state index in [0.717, 1.165) is 17.1 Å². The fourth-order valence-corrected chi connectivity index (χ4v) is 1.90. The molecule has 0 radical (unpaired) electrons. The van der Waals surface area contributed by atoms with Gasteiger partial charge in [-0.25, -0.2) is 0 Å². The lowest BCUT2D eigenvalue weighted by Crippen LogP contribution is -2.05. The molecule has 0 aliphatic rings. The van der Waals surface area contributed by atoms with Crippen molar-refractivity contribution in [2.75, 3.05) is 12.4 Å². The molecular weight excluding hydrogens is 262 g/mol. The van der Waals surface area contributed by atoms with Crippen molar-refractivity contribution in [3.63, 3.8) is 0 Å². The van der Waals surface area contributed by atoms with E-state index >= 15 is 0 Å². The van der Waals surface area contributed by atoms with Gasteiger partial charge < -0.3 is 10.1 Å². The molecule has 0 amide bonds. The van der Waals surface area contributed by atoms with E-state index in [1.807, 2.05) is 35.1 Å². The number of anilines is 1. The Hall–Kier alpha value is -1.68. The summed E-state index contributed by atoms with van der Waals surface area (Å²) in [5.74, 6) is 0.777. The van der Waals surface area contributed by atoms with E-state index in [9.17, 15) is 0 Å². The largest absolute Gasteiger partial charge is 0.497 e. The second-order valence-electron chi connectivity index (χ2n) is 4.58. The standard InChI is InChI=1S/C14H18ClN3O/c1-10(2)18-7-6-11(17-18)9-16-14-8-12(19-3)4-5-13(14)15/h4-8,10,16H,9H2,1-3H3. The minimum atomic E-state index is 0.370. The number of hydrogen-bond donors (Lipinski definition) is 1. The van der Waals surface area contributed by atoms with Crippen LogP contribution in [0, 0.1) is 0 Å². The average Bonchev–Trinajstić information content (AvgIpc) is 2.87. The summed E-state index contributed by atoms with van der Waals surface area (Å²) in [6.07, 6.45) is 1.98. The zero-order chi connectivity index (χ0) is 13.8. The first-order chi connectivity index (χ1) is 9.10. The van der Waals surface area contributed by atoms with Crippen LogP contribution < -0.4 is 10.1 Å². The van der Waals surface area contributed by atoms with Crippen molar-refractivity contribution in [2.24, 2.45) is 0 Å². The van der Waals surface area contributed by atoms with Gasteiger partial charge in [0, 0.05) is 18.3 Å². The Morgan fingerprint density at radius 3 is 2.79 bits per heavy atom. The van der Waals surface area contributed by atoms with Gasteiger partial charge >= 0.3 is 0 Å². The molecule has 0 atom stereocenters. The van der Waals surface area contributed by atoms with Gasteiger partial charge in [0.05, 0.1) is 30.1 Å². The molecule has 19 heavy (non-hydrogen) atoms. The van der Waals surface area contributed by atoms with Crippen LogP contribution in [-0.2, 0) is 6.54 Å². The quantitative estimate of drug-likeness (QED) is 0.906. The van der Waals surface area contributed by atoms with E-state index in [1.54, 1.807) is 7.11 Å². The fourth-order valence-electron chi connectivity index (χ4n) is 1.71. The van der Waals surface area contributed by atoms with Crippen molar-refractivity contribution in [1.29, 1.82) is 0 Å². The van der Waals surface area contributed by atoms with Gasteiger partial charge in [-0.1, -0.05) is 11.6 Å². The number of methoxy groups -OCH3 is 1. The summed E-state index contributed by atoms with van der Waals surface area (Å²) < 4.78 is 7.11. The molecule has 0 bridgehead atoms. The second kappa shape index (κ2) is 5.97. The monoisotopic (exact) mass is 279 g/mol. The summed E-state index contributed by atoms with van der Waals surface area (Å²) in [7, 11) is 1.64. The first-order valence-electron chi connectivity index (χ1n) is 6.21. The van der Waals surface area contributed by atoms with Crippen molar-refractivity contribution in [3.8, 4) is 5.75 Å². The minimum absolute atomic E-state index is 0.370. The van der Waals surface area contributed by atoms with Crippen LogP contribution in [0.4, 0.5) is 5.69 Å². The zero-order valence-corrected chi connectivity index (χ0v) is 12.1. The molecule has 2 rings (SSSR count). The van der Waals surface area contributed by atoms with Gasteiger partial charge in [0.25, 0.3) is 0 Å². The summed E-state index contributed by atoms with van der Waals surface area (Å²) >= 11 is 6.13. The van der Waals surface area contributed by atoms with Crippen molar-refractivity contribution in [1.82, 2.24) is 9.78 Å². The van der Waals surface area contributed by atoms with E-state index in [1.165, 1.54) is 0 Å². The molecule has 0 spiro atoms. The summed E-state index contributed by atoms with van der Waals surface area (Å²) in [5.41, 5.74) is 1.83. The molecule has 2 aromatic rings. The molecule has 0 aliphatic heterocycles. The van der Waals surface area contributed by atoms with Crippen LogP contribution in [0.25, 0.3) is 0 Å². The Morgan fingerprint density at radius 2 is 2.16 bits per heavy atom. The number of aromatic nitrogens is 2. The first kappa shape index (κ1) is 13.7. The third-order valence-corrected chi connectivity index (χ3v) is 3.16. The van der Waals surface area contributed by atoms with Crippen molar-refractivity contribution in [3.05, 3.63) is 41.2 Å². The number of nitrogens with zero attached hydrogens (tertiary/aromatic N) is 2. The van der Waals surface area contributed by atoms with Gasteiger partial charge in [-0.05, 0) is 32.0 Å². The smallest absolute Gasteiger partial charge is 0.121 e. The van der Waals surface area contributed by atoms with Crippen LogP contribution in [-0.4, -0.2) is 16.9 Å². The van der Waals surface area contributed by atoms with Crippen LogP contribution in [0.15, 0.2) is 30.5 Å². The van der Waals surface area contributed by atoms with Crippen LogP contribution in [0.2, 0.25) is 5.02 Å². The highest BCUT2D eigenvalue weighted by molar-refractivity contribution is 6.33. The van der Waals surface area contributed by atoms with Crippen LogP contribution in [0.5, 0.6) is 5.75 Å². The maximum atomic E-state index is 6.13. The number of halogens is 1. The maximum Gasteiger partial charge on any atom is 0.121 e. The van der Waals surface area contributed by atoms with E-state index in [4.69, 9.17) is 16.3 Å². The van der Waals surface area contributed by atoms with Gasteiger partial charge in [0.1, 0.15) is 5.75 Å². The van der Waals surface area contributed by atoms with Crippen molar-refractivity contribution in [2.45, 2.75) is 26.4 Å². The van der Waals surface area contributed by atoms with Gasteiger partial charge in [-0.3, -0.25) is 4.68 Å². The molecular formula is C14H18ClN3O. The summed E-state index contributed by atoms with van der Waals surface area (Å²) in [4.78, 5) is 0. The van der Waals surface area contributed by atoms with Gasteiger partial charge in [-0.15, -0.1) is 0 Å². The Bertz CT molecular complexity index is 551. The molecule has 1 heterocycles. The van der Waals surface area contributed by atoms with Crippen LogP contribution in [0.1, 0.15) is 25.6 Å². The minimum Gasteiger partial charge on any atom is -0.497 e. The van der Waals surface area contributed by atoms with Crippen LogP contribution >= 0.6 is 11.6 Å². The molecule has 0 fully saturated rings. The lowest BCUT2D eigenvalue weighted by molar-refractivity contribution is 0.415. The van der Waals surface area contributed by atoms with Gasteiger partial charge in [0.2, 0.25) is 0 Å². The molecule has 102 valence electrons. The van der Waals surface area contributed by atoms with Gasteiger partial charge in [0.15, 0.2) is 0 Å². The SMILES string of the molecule is COc1ccc(Cl)c(NCc2ccn(C(C)C)n2)c1. The molecule has 0 saturated heterocycles. The maximum absolute atomic E-state index is 6.13. The highest BCUT2D eigenvalue weighted by Crippen LogP contribution is 2.26. The molecule has 0 saturated carbocycles. The Labute approximate surface area is 118 Å². The number of nitrogens with one attached hydrogen (secondary N) is 1. The van der Waals surface area contributed by atoms with E-state index in [2.05, 4.69) is 24.3 Å². The predicted molar refractivity (Wildman–Crippen MR) is 77.9 cm³/mol. The molecule has 1 N–H and O–H groups in total. The molecule has 1 aromatic carbocycles. The summed E-state index contributed by atoms with van der Waals surface area (Å²) in [5, 5.41) is 8.42. The number of ether oxygens (including phenoxy) is 1. The number of rotatable bonds is 5. The number of benzene rings is 1. The van der Waals surface area contributed by atoms with E-state index < -0.39 is 0 Å². The normalized spacial score (nSPS) is 10.8. The Balaban J connectivity index is 2.05. The molecule has 5 heteroatoms. The lowest BCUT2D eigenvalue weighted by Gasteiger charge is -2.09. The van der Waals surface area contributed by atoms with E-state index in [-0.39, 0.29) is 0 Å². The topological polar surface area (TPSA) is 39.1 Å². The second-order valence-corrected chi connectivity index (χ2v) is 4.99. The molecule has 1 aromatic heterocycles. The Morgan fingerprint density at radius 1 is 1.37 bits per heavy atom. The van der Waals surface area contributed by atoms with Crippen molar-refractivity contribution >= 4 is 17.3 Å². The van der Waals surface area contributed by atoms with Gasteiger partial charge in [-0.2, -0.15) is 5.10 Å². The third kappa shape index (κ3) is 3.41. The van der Waals surface area contributed by atoms with Crippen LogP contribution in [0.3, 0.4) is 0 Å². The Kier molecular flexibility index (Phi) is 4.32. The lowest BCUT2D eigenvalue weighted by atomic mass is 10.3. The zero-order valence-electron chi connectivity index (χ0n) is 11.4. The summed E-state index contributed by atoms with van der Waals surface area (Å²) in [6.45, 7) is 4.83. The molecule has 0 aliphatic carbocycles. The highest BCUT2D eigenvalue weighted by atomic mass is 35.5. The first-order valence-corrected chi connectivity index (χ1v) is 6.59. The predicted octanol–water partition coefficient (Wildman–Crippen LogP) is 3.74. The molecule has 4 nitrogen and oxygen atoms in total.